The third-order valence-electron chi connectivity index (χ3n) is 3.05. The maximum absolute atomic E-state index is 10.7. The number of hydrogen-bond donors (Lipinski definition) is 2. The van der Waals surface area contributed by atoms with Crippen molar-refractivity contribution in [3.63, 3.8) is 0 Å². The van der Waals surface area contributed by atoms with E-state index in [-0.39, 0.29) is 5.92 Å². The quantitative estimate of drug-likeness (QED) is 0.744. The number of hydrogen-bond acceptors (Lipinski definition) is 3. The van der Waals surface area contributed by atoms with Gasteiger partial charge in [0.25, 0.3) is 0 Å². The van der Waals surface area contributed by atoms with E-state index in [0.29, 0.717) is 6.04 Å². The van der Waals surface area contributed by atoms with Crippen LogP contribution >= 0.6 is 0 Å². The largest absolute Gasteiger partial charge is 0.481 e. The summed E-state index contributed by atoms with van der Waals surface area (Å²) in [6.07, 6.45) is 4.45. The molecular formula is C14H22N2O2. The van der Waals surface area contributed by atoms with Crippen LogP contribution in [0, 0.1) is 5.92 Å². The Morgan fingerprint density at radius 3 is 2.78 bits per heavy atom. The number of aliphatic carboxylic acids is 1. The predicted octanol–water partition coefficient (Wildman–Crippen LogP) is 2.45. The molecule has 0 bridgehead atoms. The zero-order chi connectivity index (χ0) is 13.4. The van der Waals surface area contributed by atoms with E-state index in [0.717, 1.165) is 31.5 Å². The van der Waals surface area contributed by atoms with E-state index in [1.165, 1.54) is 0 Å². The second kappa shape index (κ2) is 7.82. The molecule has 1 aromatic rings. The molecule has 4 heteroatoms. The second-order valence-electron chi connectivity index (χ2n) is 4.77. The van der Waals surface area contributed by atoms with E-state index in [2.05, 4.69) is 17.2 Å². The highest BCUT2D eigenvalue weighted by Gasteiger charge is 2.11. The number of pyridine rings is 1. The summed E-state index contributed by atoms with van der Waals surface area (Å²) in [5.41, 5.74) is 1.03. The van der Waals surface area contributed by atoms with Crippen LogP contribution in [0.5, 0.6) is 0 Å². The molecule has 2 unspecified atom stereocenters. The summed E-state index contributed by atoms with van der Waals surface area (Å²) in [5, 5.41) is 12.2. The molecule has 0 spiro atoms. The van der Waals surface area contributed by atoms with Crippen molar-refractivity contribution in [3.05, 3.63) is 30.1 Å². The maximum atomic E-state index is 10.7. The number of carbonyl (C=O) groups is 1. The van der Waals surface area contributed by atoms with Gasteiger partial charge in [0.1, 0.15) is 0 Å². The van der Waals surface area contributed by atoms with Gasteiger partial charge in [-0.3, -0.25) is 9.78 Å². The number of nitrogens with zero attached hydrogens (tertiary/aromatic N) is 1. The molecule has 1 rings (SSSR count). The van der Waals surface area contributed by atoms with Gasteiger partial charge in [0.05, 0.1) is 11.6 Å². The molecule has 4 nitrogen and oxygen atoms in total. The van der Waals surface area contributed by atoms with Crippen molar-refractivity contribution in [3.8, 4) is 0 Å². The lowest BCUT2D eigenvalue weighted by molar-refractivity contribution is -0.141. The Labute approximate surface area is 108 Å². The van der Waals surface area contributed by atoms with Crippen molar-refractivity contribution >= 4 is 5.97 Å². The summed E-state index contributed by atoms with van der Waals surface area (Å²) in [6.45, 7) is 4.64. The molecule has 2 atom stereocenters. The number of carboxylic acids is 1. The zero-order valence-corrected chi connectivity index (χ0v) is 11.1. The van der Waals surface area contributed by atoms with Gasteiger partial charge in [-0.15, -0.1) is 0 Å². The van der Waals surface area contributed by atoms with Gasteiger partial charge in [0.15, 0.2) is 0 Å². The first-order chi connectivity index (χ1) is 8.59. The maximum Gasteiger partial charge on any atom is 0.306 e. The first-order valence-electron chi connectivity index (χ1n) is 6.45. The highest BCUT2D eigenvalue weighted by molar-refractivity contribution is 5.69. The molecule has 1 heterocycles. The highest BCUT2D eigenvalue weighted by atomic mass is 16.4. The average Bonchev–Trinajstić information content (AvgIpc) is 2.37. The van der Waals surface area contributed by atoms with E-state index < -0.39 is 5.97 Å². The highest BCUT2D eigenvalue weighted by Crippen LogP contribution is 2.09. The topological polar surface area (TPSA) is 62.2 Å². The standard InChI is InChI=1S/C14H22N2O2/c1-11(14(17)18)6-5-7-12(2)16-10-13-8-3-4-9-15-13/h3-4,8-9,11-12,16H,5-7,10H2,1-2H3,(H,17,18). The first-order valence-corrected chi connectivity index (χ1v) is 6.45. The Balaban J connectivity index is 2.14. The summed E-state index contributed by atoms with van der Waals surface area (Å²) in [4.78, 5) is 14.9. The summed E-state index contributed by atoms with van der Waals surface area (Å²) in [6, 6.07) is 6.25. The molecule has 0 saturated heterocycles. The molecular weight excluding hydrogens is 228 g/mol. The molecule has 0 aliphatic carbocycles. The molecule has 100 valence electrons. The number of nitrogens with one attached hydrogen (secondary N) is 1. The Hall–Kier alpha value is -1.42. The van der Waals surface area contributed by atoms with E-state index >= 15 is 0 Å². The Morgan fingerprint density at radius 1 is 1.39 bits per heavy atom. The van der Waals surface area contributed by atoms with Crippen molar-refractivity contribution < 1.29 is 9.90 Å². The summed E-state index contributed by atoms with van der Waals surface area (Å²) in [7, 11) is 0. The fraction of sp³-hybridized carbons (Fsp3) is 0.571. The van der Waals surface area contributed by atoms with Gasteiger partial charge in [0.2, 0.25) is 0 Å². The first kappa shape index (κ1) is 14.6. The predicted molar refractivity (Wildman–Crippen MR) is 71.2 cm³/mol. The Morgan fingerprint density at radius 2 is 2.17 bits per heavy atom. The van der Waals surface area contributed by atoms with Gasteiger partial charge in [-0.2, -0.15) is 0 Å². The van der Waals surface area contributed by atoms with Crippen LogP contribution in [0.2, 0.25) is 0 Å². The molecule has 18 heavy (non-hydrogen) atoms. The van der Waals surface area contributed by atoms with E-state index in [4.69, 9.17) is 5.11 Å². The number of aromatic nitrogens is 1. The smallest absolute Gasteiger partial charge is 0.306 e. The van der Waals surface area contributed by atoms with Gasteiger partial charge in [-0.1, -0.05) is 19.4 Å². The molecule has 0 radical (unpaired) electrons. The third-order valence-corrected chi connectivity index (χ3v) is 3.05. The molecule has 0 saturated carbocycles. The van der Waals surface area contributed by atoms with Crippen molar-refractivity contribution in [1.29, 1.82) is 0 Å². The third kappa shape index (κ3) is 5.77. The van der Waals surface area contributed by atoms with E-state index in [9.17, 15) is 4.79 Å². The van der Waals surface area contributed by atoms with Crippen LogP contribution in [0.25, 0.3) is 0 Å². The van der Waals surface area contributed by atoms with Gasteiger partial charge in [-0.25, -0.2) is 0 Å². The monoisotopic (exact) mass is 250 g/mol. The fourth-order valence-corrected chi connectivity index (χ4v) is 1.74. The minimum absolute atomic E-state index is 0.243. The van der Waals surface area contributed by atoms with Crippen LogP contribution in [0.15, 0.2) is 24.4 Å². The van der Waals surface area contributed by atoms with Gasteiger partial charge < -0.3 is 10.4 Å². The Kier molecular flexibility index (Phi) is 6.36. The van der Waals surface area contributed by atoms with Crippen molar-refractivity contribution in [2.24, 2.45) is 5.92 Å². The molecule has 0 aromatic carbocycles. The number of carboxylic acid groups (broad SMARTS) is 1. The van der Waals surface area contributed by atoms with Crippen LogP contribution in [0.1, 0.15) is 38.8 Å². The van der Waals surface area contributed by atoms with Gasteiger partial charge in [0, 0.05) is 18.8 Å². The fourth-order valence-electron chi connectivity index (χ4n) is 1.74. The summed E-state index contributed by atoms with van der Waals surface area (Å²) < 4.78 is 0. The average molecular weight is 250 g/mol. The lowest BCUT2D eigenvalue weighted by Crippen LogP contribution is -2.26. The molecule has 0 fully saturated rings. The van der Waals surface area contributed by atoms with Crippen LogP contribution in [-0.4, -0.2) is 22.1 Å². The normalized spacial score (nSPS) is 14.1. The lowest BCUT2D eigenvalue weighted by atomic mass is 10.0. The molecule has 1 aromatic heterocycles. The minimum Gasteiger partial charge on any atom is -0.481 e. The van der Waals surface area contributed by atoms with Crippen LogP contribution < -0.4 is 5.32 Å². The van der Waals surface area contributed by atoms with Crippen LogP contribution in [-0.2, 0) is 11.3 Å². The lowest BCUT2D eigenvalue weighted by Gasteiger charge is -2.14. The minimum atomic E-state index is -0.705. The SMILES string of the molecule is CC(CCCC(C)C(=O)O)NCc1ccccn1. The van der Waals surface area contributed by atoms with Crippen molar-refractivity contribution in [2.75, 3.05) is 0 Å². The van der Waals surface area contributed by atoms with Gasteiger partial charge in [-0.05, 0) is 31.9 Å². The van der Waals surface area contributed by atoms with Crippen LogP contribution in [0.4, 0.5) is 0 Å². The van der Waals surface area contributed by atoms with E-state index in [1.807, 2.05) is 18.2 Å². The molecule has 0 amide bonds. The van der Waals surface area contributed by atoms with Gasteiger partial charge >= 0.3 is 5.97 Å². The van der Waals surface area contributed by atoms with Crippen molar-refractivity contribution in [1.82, 2.24) is 10.3 Å². The second-order valence-corrected chi connectivity index (χ2v) is 4.77. The zero-order valence-electron chi connectivity index (χ0n) is 11.1. The molecule has 0 aliphatic heterocycles. The number of rotatable bonds is 8. The summed E-state index contributed by atoms with van der Waals surface area (Å²) >= 11 is 0. The van der Waals surface area contributed by atoms with Crippen molar-refractivity contribution in [2.45, 2.75) is 45.7 Å². The molecule has 0 aliphatic rings. The Bertz CT molecular complexity index is 354. The van der Waals surface area contributed by atoms with Crippen LogP contribution in [0.3, 0.4) is 0 Å². The van der Waals surface area contributed by atoms with E-state index in [1.54, 1.807) is 13.1 Å². The summed E-state index contributed by atoms with van der Waals surface area (Å²) in [5.74, 6) is -0.947. The molecule has 2 N–H and O–H groups in total.